The summed E-state index contributed by atoms with van der Waals surface area (Å²) in [6.45, 7) is 1.75. The first-order valence-corrected chi connectivity index (χ1v) is 10.7. The van der Waals surface area contributed by atoms with Crippen LogP contribution in [0.3, 0.4) is 0 Å². The van der Waals surface area contributed by atoms with Gasteiger partial charge in [0.05, 0.1) is 20.3 Å². The molecule has 0 amide bonds. The number of unbranched alkanes of at least 4 members (excludes halogenated alkanes) is 2. The van der Waals surface area contributed by atoms with Crippen molar-refractivity contribution in [2.75, 3.05) is 20.3 Å². The molecular formula is C26H31ClN2O4. The summed E-state index contributed by atoms with van der Waals surface area (Å²) in [5, 5.41) is 7.40. The lowest BCUT2D eigenvalue weighted by molar-refractivity contribution is 0.267. The van der Waals surface area contributed by atoms with Crippen molar-refractivity contribution in [3.05, 3.63) is 83.9 Å². The minimum Gasteiger partial charge on any atom is -0.494 e. The number of nitrogen functional groups attached to an aromatic ring is 1. The number of nitrogens with one attached hydrogen (secondary N) is 1. The number of nitrogens with two attached hydrogens (primary N) is 1. The summed E-state index contributed by atoms with van der Waals surface area (Å²) in [5.74, 6) is 2.95. The average Bonchev–Trinajstić information content (AvgIpc) is 2.83. The van der Waals surface area contributed by atoms with E-state index in [9.17, 15) is 0 Å². The van der Waals surface area contributed by atoms with Crippen molar-refractivity contribution in [3.8, 4) is 23.0 Å². The van der Waals surface area contributed by atoms with E-state index in [1.165, 1.54) is 0 Å². The van der Waals surface area contributed by atoms with Gasteiger partial charge in [-0.1, -0.05) is 30.3 Å². The van der Waals surface area contributed by atoms with Crippen molar-refractivity contribution in [2.45, 2.75) is 25.9 Å². The van der Waals surface area contributed by atoms with Crippen LogP contribution < -0.4 is 24.7 Å². The molecule has 0 aliphatic heterocycles. The van der Waals surface area contributed by atoms with Crippen molar-refractivity contribution in [1.29, 1.82) is 5.41 Å². The summed E-state index contributed by atoms with van der Waals surface area (Å²) in [5.41, 5.74) is 7.26. The van der Waals surface area contributed by atoms with Crippen molar-refractivity contribution in [1.82, 2.24) is 0 Å². The average molecular weight is 471 g/mol. The van der Waals surface area contributed by atoms with E-state index in [4.69, 9.17) is 30.1 Å². The van der Waals surface area contributed by atoms with Crippen LogP contribution in [0, 0.1) is 5.41 Å². The molecule has 0 atom stereocenters. The molecule has 0 spiro atoms. The monoisotopic (exact) mass is 470 g/mol. The van der Waals surface area contributed by atoms with Gasteiger partial charge in [-0.25, -0.2) is 0 Å². The van der Waals surface area contributed by atoms with Gasteiger partial charge in [0, 0.05) is 11.6 Å². The molecule has 0 saturated carbocycles. The molecular weight excluding hydrogens is 440 g/mol. The van der Waals surface area contributed by atoms with Crippen molar-refractivity contribution >= 4 is 18.2 Å². The molecule has 3 N–H and O–H groups in total. The maximum atomic E-state index is 7.40. The van der Waals surface area contributed by atoms with Gasteiger partial charge >= 0.3 is 0 Å². The van der Waals surface area contributed by atoms with Gasteiger partial charge in [0.15, 0.2) is 11.5 Å². The number of benzene rings is 3. The fraction of sp³-hybridized carbons (Fsp3) is 0.269. The van der Waals surface area contributed by atoms with Crippen molar-refractivity contribution in [3.63, 3.8) is 0 Å². The zero-order valence-electron chi connectivity index (χ0n) is 18.8. The number of halogens is 1. The molecule has 0 heterocycles. The van der Waals surface area contributed by atoms with E-state index >= 15 is 0 Å². The first-order valence-electron chi connectivity index (χ1n) is 10.7. The number of methoxy groups -OCH3 is 1. The number of ether oxygens (including phenoxy) is 4. The SMILES string of the molecule is COc1cc(OCc2ccccc2)ccc1OCCCCCOc1ccc(C(=N)N)cc1.Cl. The van der Waals surface area contributed by atoms with Crippen LogP contribution in [0.5, 0.6) is 23.0 Å². The van der Waals surface area contributed by atoms with Crippen LogP contribution in [-0.2, 0) is 6.61 Å². The fourth-order valence-corrected chi connectivity index (χ4v) is 3.08. The Labute approximate surface area is 201 Å². The maximum absolute atomic E-state index is 7.40. The second-order valence-corrected chi connectivity index (χ2v) is 7.28. The van der Waals surface area contributed by atoms with Gasteiger partial charge in [-0.3, -0.25) is 5.41 Å². The minimum absolute atomic E-state index is 0. The summed E-state index contributed by atoms with van der Waals surface area (Å²) < 4.78 is 22.9. The molecule has 3 aromatic carbocycles. The Hall–Kier alpha value is -3.38. The molecule has 7 heteroatoms. The molecule has 0 fully saturated rings. The largest absolute Gasteiger partial charge is 0.494 e. The molecule has 33 heavy (non-hydrogen) atoms. The van der Waals surface area contributed by atoms with E-state index in [0.717, 1.165) is 36.3 Å². The van der Waals surface area contributed by atoms with Gasteiger partial charge in [-0.05, 0) is 61.2 Å². The third kappa shape index (κ3) is 8.58. The molecule has 176 valence electrons. The number of hydrogen-bond acceptors (Lipinski definition) is 5. The van der Waals surface area contributed by atoms with Gasteiger partial charge in [-0.2, -0.15) is 0 Å². The standard InChI is InChI=1S/C26H30N2O4.ClH/c1-29-25-18-23(32-19-20-8-4-2-5-9-20)14-15-24(25)31-17-7-3-6-16-30-22-12-10-21(11-13-22)26(27)28;/h2,4-5,8-15,18H,3,6-7,16-17,19H2,1H3,(H3,27,28);1H. The summed E-state index contributed by atoms with van der Waals surface area (Å²) in [4.78, 5) is 0. The van der Waals surface area contributed by atoms with Crippen LogP contribution in [0.4, 0.5) is 0 Å². The first-order chi connectivity index (χ1) is 15.7. The van der Waals surface area contributed by atoms with Gasteiger partial charge < -0.3 is 24.7 Å². The Morgan fingerprint density at radius 1 is 0.758 bits per heavy atom. The third-order valence-corrected chi connectivity index (χ3v) is 4.86. The van der Waals surface area contributed by atoms with Gasteiger partial charge in [0.1, 0.15) is 23.9 Å². The van der Waals surface area contributed by atoms with E-state index in [0.29, 0.717) is 36.9 Å². The van der Waals surface area contributed by atoms with Crippen LogP contribution in [0.2, 0.25) is 0 Å². The van der Waals surface area contributed by atoms with Gasteiger partial charge in [-0.15, -0.1) is 12.4 Å². The summed E-state index contributed by atoms with van der Waals surface area (Å²) in [6, 6.07) is 22.9. The van der Waals surface area contributed by atoms with Crippen molar-refractivity contribution in [2.24, 2.45) is 5.73 Å². The van der Waals surface area contributed by atoms with Crippen LogP contribution in [0.1, 0.15) is 30.4 Å². The fourth-order valence-electron chi connectivity index (χ4n) is 3.08. The first kappa shape index (κ1) is 25.9. The van der Waals surface area contributed by atoms with Crippen LogP contribution in [-0.4, -0.2) is 26.2 Å². The Balaban J connectivity index is 0.00000385. The lowest BCUT2D eigenvalue weighted by Crippen LogP contribution is -2.10. The number of amidine groups is 1. The Morgan fingerprint density at radius 3 is 2.09 bits per heavy atom. The molecule has 0 aliphatic carbocycles. The van der Waals surface area contributed by atoms with E-state index in [1.807, 2.05) is 60.7 Å². The van der Waals surface area contributed by atoms with E-state index in [-0.39, 0.29) is 18.2 Å². The molecule has 3 aromatic rings. The van der Waals surface area contributed by atoms with Gasteiger partial charge in [0.2, 0.25) is 0 Å². The smallest absolute Gasteiger partial charge is 0.164 e. The Morgan fingerprint density at radius 2 is 1.42 bits per heavy atom. The zero-order valence-corrected chi connectivity index (χ0v) is 19.6. The highest BCUT2D eigenvalue weighted by atomic mass is 35.5. The topological polar surface area (TPSA) is 86.8 Å². The van der Waals surface area contributed by atoms with E-state index in [2.05, 4.69) is 0 Å². The van der Waals surface area contributed by atoms with Crippen LogP contribution >= 0.6 is 12.4 Å². The normalized spacial score (nSPS) is 10.1. The van der Waals surface area contributed by atoms with Crippen LogP contribution in [0.15, 0.2) is 72.8 Å². The summed E-state index contributed by atoms with van der Waals surface area (Å²) in [7, 11) is 1.63. The summed E-state index contributed by atoms with van der Waals surface area (Å²) in [6.07, 6.45) is 2.84. The maximum Gasteiger partial charge on any atom is 0.164 e. The lowest BCUT2D eigenvalue weighted by Gasteiger charge is -2.13. The highest BCUT2D eigenvalue weighted by molar-refractivity contribution is 5.94. The van der Waals surface area contributed by atoms with E-state index < -0.39 is 0 Å². The Bertz CT molecular complexity index is 981. The van der Waals surface area contributed by atoms with Crippen molar-refractivity contribution < 1.29 is 18.9 Å². The van der Waals surface area contributed by atoms with E-state index in [1.54, 1.807) is 19.2 Å². The second kappa shape index (κ2) is 13.9. The molecule has 0 saturated heterocycles. The highest BCUT2D eigenvalue weighted by Gasteiger charge is 2.07. The molecule has 6 nitrogen and oxygen atoms in total. The molecule has 0 aliphatic rings. The molecule has 3 rings (SSSR count). The predicted octanol–water partition coefficient (Wildman–Crippen LogP) is 5.61. The van der Waals surface area contributed by atoms with Crippen LogP contribution in [0.25, 0.3) is 0 Å². The second-order valence-electron chi connectivity index (χ2n) is 7.28. The Kier molecular flexibility index (Phi) is 10.9. The summed E-state index contributed by atoms with van der Waals surface area (Å²) >= 11 is 0. The molecule has 0 unspecified atom stereocenters. The molecule has 0 bridgehead atoms. The predicted molar refractivity (Wildman–Crippen MR) is 133 cm³/mol. The minimum atomic E-state index is 0. The number of hydrogen-bond donors (Lipinski definition) is 2. The third-order valence-electron chi connectivity index (χ3n) is 4.86. The lowest BCUT2D eigenvalue weighted by atomic mass is 10.2. The van der Waals surface area contributed by atoms with Gasteiger partial charge in [0.25, 0.3) is 0 Å². The zero-order chi connectivity index (χ0) is 22.6. The number of rotatable bonds is 13. The quantitative estimate of drug-likeness (QED) is 0.192. The molecule has 0 radical (unpaired) electrons. The molecule has 0 aromatic heterocycles. The highest BCUT2D eigenvalue weighted by Crippen LogP contribution is 2.31.